The third-order valence-corrected chi connectivity index (χ3v) is 8.73. The number of alkyl halides is 3. The summed E-state index contributed by atoms with van der Waals surface area (Å²) < 4.78 is 45.6. The van der Waals surface area contributed by atoms with Crippen LogP contribution in [0, 0.1) is 17.8 Å². The Morgan fingerprint density at radius 2 is 1.62 bits per heavy atom. The average molecular weight is 555 g/mol. The van der Waals surface area contributed by atoms with Crippen LogP contribution in [0.1, 0.15) is 67.2 Å². The predicted octanol–water partition coefficient (Wildman–Crippen LogP) is 7.29. The minimum absolute atomic E-state index is 0.0271. The Kier molecular flexibility index (Phi) is 7.80. The van der Waals surface area contributed by atoms with E-state index in [9.17, 15) is 27.9 Å². The molecule has 2 aromatic rings. The largest absolute Gasteiger partial charge is 0.482 e. The van der Waals surface area contributed by atoms with Crippen LogP contribution >= 0.6 is 0 Å². The number of benzene rings is 2. The van der Waals surface area contributed by atoms with E-state index >= 15 is 0 Å². The van der Waals surface area contributed by atoms with Crippen LogP contribution < -0.4 is 4.74 Å². The van der Waals surface area contributed by atoms with E-state index in [1.165, 1.54) is 37.5 Å². The molecule has 40 heavy (non-hydrogen) atoms. The van der Waals surface area contributed by atoms with Crippen LogP contribution in [-0.4, -0.2) is 28.8 Å². The maximum absolute atomic E-state index is 13.3. The van der Waals surface area contributed by atoms with Crippen molar-refractivity contribution >= 4 is 17.5 Å². The highest BCUT2D eigenvalue weighted by Gasteiger charge is 2.52. The summed E-state index contributed by atoms with van der Waals surface area (Å²) >= 11 is 0. The quantitative estimate of drug-likeness (QED) is 0.238. The molecule has 4 saturated carbocycles. The van der Waals surface area contributed by atoms with Crippen LogP contribution in [-0.2, 0) is 27.6 Å². The first-order valence-corrected chi connectivity index (χ1v) is 13.8. The van der Waals surface area contributed by atoms with Crippen LogP contribution in [0.15, 0.2) is 60.7 Å². The SMILES string of the molecule is O=C(O)C=CC(=CCCc1ccc(C23CC4CC(CC(C4)C2)C3)c(OCC(=O)O)c1)c1cccc(C(F)(F)F)c1. The van der Waals surface area contributed by atoms with Gasteiger partial charge in [0.2, 0.25) is 0 Å². The average Bonchev–Trinajstić information content (AvgIpc) is 2.88. The number of allylic oxidation sites excluding steroid dienone is 3. The molecule has 4 aliphatic rings. The van der Waals surface area contributed by atoms with Crippen molar-refractivity contribution in [3.63, 3.8) is 0 Å². The highest BCUT2D eigenvalue weighted by Crippen LogP contribution is 2.62. The van der Waals surface area contributed by atoms with E-state index < -0.39 is 30.3 Å². The van der Waals surface area contributed by atoms with Crippen LogP contribution in [0.5, 0.6) is 5.75 Å². The molecule has 0 saturated heterocycles. The number of carboxylic acid groups (broad SMARTS) is 2. The predicted molar refractivity (Wildman–Crippen MR) is 144 cm³/mol. The number of carboxylic acids is 2. The number of aryl methyl sites for hydroxylation is 1. The Labute approximate surface area is 231 Å². The molecule has 0 amide bonds. The Morgan fingerprint density at radius 3 is 2.23 bits per heavy atom. The molecule has 8 heteroatoms. The Hall–Kier alpha value is -3.55. The Balaban J connectivity index is 1.39. The first kappa shape index (κ1) is 28.0. The van der Waals surface area contributed by atoms with Gasteiger partial charge in [0.1, 0.15) is 5.75 Å². The van der Waals surface area contributed by atoms with Crippen molar-refractivity contribution < 1.29 is 37.7 Å². The molecule has 0 unspecified atom stereocenters. The van der Waals surface area contributed by atoms with E-state index in [0.717, 1.165) is 66.4 Å². The van der Waals surface area contributed by atoms with Gasteiger partial charge < -0.3 is 14.9 Å². The molecule has 4 fully saturated rings. The van der Waals surface area contributed by atoms with Crippen molar-refractivity contribution in [2.75, 3.05) is 6.61 Å². The monoisotopic (exact) mass is 554 g/mol. The molecule has 0 aliphatic heterocycles. The molecule has 6 rings (SSSR count). The van der Waals surface area contributed by atoms with Gasteiger partial charge in [-0.15, -0.1) is 0 Å². The minimum Gasteiger partial charge on any atom is -0.482 e. The van der Waals surface area contributed by atoms with Gasteiger partial charge in [-0.3, -0.25) is 0 Å². The van der Waals surface area contributed by atoms with Gasteiger partial charge in [0.25, 0.3) is 0 Å². The van der Waals surface area contributed by atoms with Crippen molar-refractivity contribution in [2.24, 2.45) is 17.8 Å². The fourth-order valence-corrected chi connectivity index (χ4v) is 7.57. The molecule has 2 N–H and O–H groups in total. The molecule has 0 spiro atoms. The zero-order valence-corrected chi connectivity index (χ0v) is 22.1. The second kappa shape index (κ2) is 11.1. The molecule has 0 radical (unpaired) electrons. The van der Waals surface area contributed by atoms with Gasteiger partial charge in [0, 0.05) is 11.6 Å². The fourth-order valence-electron chi connectivity index (χ4n) is 7.57. The van der Waals surface area contributed by atoms with E-state index in [2.05, 4.69) is 6.07 Å². The standard InChI is InChI=1S/C32H33F3O5/c33-32(34,35)26-6-2-5-25(15-26)24(8-10-29(36)37)4-1-3-20-7-9-27(28(14-20)40-19-30(38)39)31-16-21-11-22(17-31)13-23(12-21)18-31/h2,4-10,14-15,21-23H,1,3,11-13,16-19H2,(H,36,37)(H,38,39). The van der Waals surface area contributed by atoms with Gasteiger partial charge >= 0.3 is 18.1 Å². The summed E-state index contributed by atoms with van der Waals surface area (Å²) in [4.78, 5) is 22.5. The van der Waals surface area contributed by atoms with Crippen molar-refractivity contribution in [1.82, 2.24) is 0 Å². The molecule has 4 bridgehead atoms. The summed E-state index contributed by atoms with van der Waals surface area (Å²) in [6.07, 6.45) is 7.58. The number of carbonyl (C=O) groups is 2. The number of ether oxygens (including phenoxy) is 1. The van der Waals surface area contributed by atoms with Crippen molar-refractivity contribution in [3.8, 4) is 5.75 Å². The van der Waals surface area contributed by atoms with Gasteiger partial charge in [-0.2, -0.15) is 13.2 Å². The second-order valence-corrected chi connectivity index (χ2v) is 11.7. The molecular formula is C32H33F3O5. The van der Waals surface area contributed by atoms with Gasteiger partial charge in [0.05, 0.1) is 5.56 Å². The lowest BCUT2D eigenvalue weighted by molar-refractivity contribution is -0.139. The molecule has 0 atom stereocenters. The topological polar surface area (TPSA) is 83.8 Å². The summed E-state index contributed by atoms with van der Waals surface area (Å²) in [5.74, 6) is 0.526. The van der Waals surface area contributed by atoms with E-state index in [4.69, 9.17) is 9.84 Å². The first-order chi connectivity index (χ1) is 19.0. The molecule has 0 heterocycles. The fraction of sp³-hybridized carbons (Fsp3) is 0.438. The van der Waals surface area contributed by atoms with Crippen molar-refractivity contribution in [1.29, 1.82) is 0 Å². The summed E-state index contributed by atoms with van der Waals surface area (Å²) in [5.41, 5.74) is 1.88. The van der Waals surface area contributed by atoms with E-state index in [1.54, 1.807) is 6.08 Å². The van der Waals surface area contributed by atoms with Gasteiger partial charge in [-0.05, 0) is 116 Å². The Bertz CT molecular complexity index is 1310. The third kappa shape index (κ3) is 6.26. The lowest BCUT2D eigenvalue weighted by Gasteiger charge is -2.57. The zero-order chi connectivity index (χ0) is 28.5. The van der Waals surface area contributed by atoms with Crippen LogP contribution in [0.25, 0.3) is 5.57 Å². The van der Waals surface area contributed by atoms with E-state index in [0.29, 0.717) is 24.2 Å². The summed E-state index contributed by atoms with van der Waals surface area (Å²) in [7, 11) is 0. The first-order valence-electron chi connectivity index (χ1n) is 13.8. The number of rotatable bonds is 10. The maximum Gasteiger partial charge on any atom is 0.416 e. The van der Waals surface area contributed by atoms with Crippen LogP contribution in [0.4, 0.5) is 13.2 Å². The molecular weight excluding hydrogens is 521 g/mol. The number of halogens is 3. The highest BCUT2D eigenvalue weighted by molar-refractivity contribution is 5.85. The lowest BCUT2D eigenvalue weighted by atomic mass is 9.48. The van der Waals surface area contributed by atoms with Gasteiger partial charge in [-0.1, -0.05) is 30.3 Å². The molecule has 0 aromatic heterocycles. The van der Waals surface area contributed by atoms with E-state index in [1.807, 2.05) is 12.1 Å². The highest BCUT2D eigenvalue weighted by atomic mass is 19.4. The zero-order valence-electron chi connectivity index (χ0n) is 22.1. The summed E-state index contributed by atoms with van der Waals surface area (Å²) in [6, 6.07) is 10.8. The molecule has 5 nitrogen and oxygen atoms in total. The van der Waals surface area contributed by atoms with Gasteiger partial charge in [-0.25, -0.2) is 9.59 Å². The lowest BCUT2D eigenvalue weighted by Crippen LogP contribution is -2.48. The van der Waals surface area contributed by atoms with Crippen molar-refractivity contribution in [3.05, 3.63) is 82.9 Å². The normalized spacial score (nSPS) is 25.9. The number of aliphatic carboxylic acids is 2. The smallest absolute Gasteiger partial charge is 0.416 e. The molecule has 2 aromatic carbocycles. The third-order valence-electron chi connectivity index (χ3n) is 8.73. The summed E-state index contributed by atoms with van der Waals surface area (Å²) in [6.45, 7) is -0.428. The second-order valence-electron chi connectivity index (χ2n) is 11.7. The summed E-state index contributed by atoms with van der Waals surface area (Å²) in [5, 5.41) is 18.4. The van der Waals surface area contributed by atoms with Crippen molar-refractivity contribution in [2.45, 2.75) is 63.0 Å². The number of hydrogen-bond donors (Lipinski definition) is 2. The van der Waals surface area contributed by atoms with Crippen LogP contribution in [0.2, 0.25) is 0 Å². The Morgan fingerprint density at radius 1 is 0.950 bits per heavy atom. The van der Waals surface area contributed by atoms with Crippen LogP contribution in [0.3, 0.4) is 0 Å². The molecule has 212 valence electrons. The molecule has 4 aliphatic carbocycles. The van der Waals surface area contributed by atoms with Gasteiger partial charge in [0.15, 0.2) is 6.61 Å². The number of hydrogen-bond acceptors (Lipinski definition) is 3. The van der Waals surface area contributed by atoms with E-state index in [-0.39, 0.29) is 11.0 Å². The minimum atomic E-state index is -4.51. The maximum atomic E-state index is 13.3.